The summed E-state index contributed by atoms with van der Waals surface area (Å²) in [5.41, 5.74) is 5.82. The maximum Gasteiger partial charge on any atom is 0.0406 e. The zero-order chi connectivity index (χ0) is 20.8. The van der Waals surface area contributed by atoms with Gasteiger partial charge in [0.1, 0.15) is 0 Å². The first-order valence-electron chi connectivity index (χ1n) is 11.6. The van der Waals surface area contributed by atoms with Crippen LogP contribution in [0.15, 0.2) is 78.9 Å². The lowest BCUT2D eigenvalue weighted by Gasteiger charge is -2.30. The molecule has 4 rings (SSSR count). The molecule has 0 amide bonds. The van der Waals surface area contributed by atoms with E-state index in [0.29, 0.717) is 5.92 Å². The van der Waals surface area contributed by atoms with Crippen LogP contribution in [-0.2, 0) is 12.8 Å². The van der Waals surface area contributed by atoms with Gasteiger partial charge in [-0.1, -0.05) is 85.3 Å². The molecule has 0 nitrogen and oxygen atoms in total. The molecule has 1 aliphatic carbocycles. The van der Waals surface area contributed by atoms with Crippen molar-refractivity contribution < 1.29 is 0 Å². The number of hydrogen-bond donors (Lipinski definition) is 0. The molecule has 1 saturated carbocycles. The van der Waals surface area contributed by atoms with Crippen LogP contribution < -0.4 is 0 Å². The van der Waals surface area contributed by atoms with Gasteiger partial charge in [-0.3, -0.25) is 0 Å². The molecule has 0 radical (unpaired) electrons. The summed E-state index contributed by atoms with van der Waals surface area (Å²) >= 11 is 5.98. The average Bonchev–Trinajstić information content (AvgIpc) is 2.80. The van der Waals surface area contributed by atoms with Crippen molar-refractivity contribution in [1.82, 2.24) is 0 Å². The Hall–Kier alpha value is -2.05. The molecule has 30 heavy (non-hydrogen) atoms. The summed E-state index contributed by atoms with van der Waals surface area (Å²) in [6, 6.07) is 28.7. The lowest BCUT2D eigenvalue weighted by atomic mass is 9.75. The quantitative estimate of drug-likeness (QED) is 0.361. The van der Waals surface area contributed by atoms with Crippen molar-refractivity contribution in [3.8, 4) is 0 Å². The second-order valence-corrected chi connectivity index (χ2v) is 9.57. The van der Waals surface area contributed by atoms with E-state index in [0.717, 1.165) is 29.7 Å². The Labute approximate surface area is 187 Å². The first-order chi connectivity index (χ1) is 14.7. The topological polar surface area (TPSA) is 0 Å². The Morgan fingerprint density at radius 2 is 1.30 bits per heavy atom. The van der Waals surface area contributed by atoms with Crippen LogP contribution in [0.1, 0.15) is 73.1 Å². The lowest BCUT2D eigenvalue weighted by Crippen LogP contribution is -2.15. The SMILES string of the molecule is CC(CC1CCC(c2ccc(CCc3ccc(Cl)cc3)cc2)CC1)c1ccccc1. The minimum atomic E-state index is 0.674. The molecule has 3 aromatic rings. The fourth-order valence-electron chi connectivity index (χ4n) is 5.05. The first-order valence-corrected chi connectivity index (χ1v) is 11.9. The normalized spacial score (nSPS) is 20.1. The third-order valence-electron chi connectivity index (χ3n) is 6.97. The Balaban J connectivity index is 1.25. The van der Waals surface area contributed by atoms with Gasteiger partial charge in [0.15, 0.2) is 0 Å². The molecule has 0 bridgehead atoms. The molecule has 0 heterocycles. The van der Waals surface area contributed by atoms with Crippen molar-refractivity contribution in [3.05, 3.63) is 106 Å². The van der Waals surface area contributed by atoms with E-state index < -0.39 is 0 Å². The Kier molecular flexibility index (Phi) is 7.28. The van der Waals surface area contributed by atoms with E-state index >= 15 is 0 Å². The number of aryl methyl sites for hydroxylation is 2. The van der Waals surface area contributed by atoms with E-state index in [1.807, 2.05) is 12.1 Å². The average molecular weight is 417 g/mol. The molecule has 1 unspecified atom stereocenters. The standard InChI is InChI=1S/C29H33Cl/c1-22(26-5-3-2-4-6-26)21-25-11-17-28(18-12-25)27-15-9-23(10-16-27)7-8-24-13-19-29(30)20-14-24/h2-6,9-10,13-16,19-20,22,25,28H,7-8,11-12,17-18,21H2,1H3. The minimum absolute atomic E-state index is 0.674. The maximum absolute atomic E-state index is 5.98. The van der Waals surface area contributed by atoms with Crippen molar-refractivity contribution >= 4 is 11.6 Å². The van der Waals surface area contributed by atoms with Crippen molar-refractivity contribution in [1.29, 1.82) is 0 Å². The summed E-state index contributed by atoms with van der Waals surface area (Å²) in [6.45, 7) is 2.39. The number of halogens is 1. The zero-order valence-corrected chi connectivity index (χ0v) is 18.8. The van der Waals surface area contributed by atoms with Crippen LogP contribution in [-0.4, -0.2) is 0 Å². The Bertz CT molecular complexity index is 887. The van der Waals surface area contributed by atoms with Crippen molar-refractivity contribution in [3.63, 3.8) is 0 Å². The van der Waals surface area contributed by atoms with Gasteiger partial charge in [-0.2, -0.15) is 0 Å². The van der Waals surface area contributed by atoms with Crippen LogP contribution in [0.2, 0.25) is 5.02 Å². The molecule has 1 atom stereocenters. The fraction of sp³-hybridized carbons (Fsp3) is 0.379. The van der Waals surface area contributed by atoms with Crippen LogP contribution in [0.4, 0.5) is 0 Å². The summed E-state index contributed by atoms with van der Waals surface area (Å²) in [5, 5.41) is 0.812. The van der Waals surface area contributed by atoms with Gasteiger partial charge in [-0.25, -0.2) is 0 Å². The van der Waals surface area contributed by atoms with Crippen molar-refractivity contribution in [2.45, 2.75) is 63.7 Å². The van der Waals surface area contributed by atoms with Crippen molar-refractivity contribution in [2.24, 2.45) is 5.92 Å². The molecule has 0 spiro atoms. The predicted octanol–water partition coefficient (Wildman–Crippen LogP) is 8.59. The van der Waals surface area contributed by atoms with Gasteiger partial charge in [0.05, 0.1) is 0 Å². The van der Waals surface area contributed by atoms with E-state index in [-0.39, 0.29) is 0 Å². The van der Waals surface area contributed by atoms with Gasteiger partial charge in [-0.15, -0.1) is 0 Å². The smallest absolute Gasteiger partial charge is 0.0406 e. The highest BCUT2D eigenvalue weighted by atomic mass is 35.5. The first kappa shape index (κ1) is 21.2. The molecular formula is C29H33Cl. The zero-order valence-electron chi connectivity index (χ0n) is 18.1. The predicted molar refractivity (Wildman–Crippen MR) is 129 cm³/mol. The summed E-state index contributed by atoms with van der Waals surface area (Å²) in [5.74, 6) is 2.31. The van der Waals surface area contributed by atoms with Gasteiger partial charge >= 0.3 is 0 Å². The molecular weight excluding hydrogens is 384 g/mol. The molecule has 3 aromatic carbocycles. The highest BCUT2D eigenvalue weighted by Crippen LogP contribution is 2.39. The van der Waals surface area contributed by atoms with E-state index in [2.05, 4.69) is 73.7 Å². The molecule has 0 N–H and O–H groups in total. The maximum atomic E-state index is 5.98. The molecule has 0 aromatic heterocycles. The van der Waals surface area contributed by atoms with Gasteiger partial charge in [0.25, 0.3) is 0 Å². The van der Waals surface area contributed by atoms with E-state index in [1.54, 1.807) is 5.56 Å². The Morgan fingerprint density at radius 3 is 1.90 bits per heavy atom. The van der Waals surface area contributed by atoms with E-state index in [4.69, 9.17) is 11.6 Å². The molecule has 0 aliphatic heterocycles. The second kappa shape index (κ2) is 10.3. The summed E-state index contributed by atoms with van der Waals surface area (Å²) in [4.78, 5) is 0. The van der Waals surface area contributed by atoms with Gasteiger partial charge in [0, 0.05) is 5.02 Å². The molecule has 156 valence electrons. The third-order valence-corrected chi connectivity index (χ3v) is 7.22. The monoisotopic (exact) mass is 416 g/mol. The second-order valence-electron chi connectivity index (χ2n) is 9.13. The summed E-state index contributed by atoms with van der Waals surface area (Å²) in [7, 11) is 0. The van der Waals surface area contributed by atoms with Crippen LogP contribution in [0.25, 0.3) is 0 Å². The van der Waals surface area contributed by atoms with E-state index in [1.165, 1.54) is 48.8 Å². The van der Waals surface area contributed by atoms with Crippen LogP contribution in [0, 0.1) is 5.92 Å². The molecule has 1 fully saturated rings. The van der Waals surface area contributed by atoms with Gasteiger partial charge in [0.2, 0.25) is 0 Å². The largest absolute Gasteiger partial charge is 0.0843 e. The number of rotatable bonds is 7. The van der Waals surface area contributed by atoms with Gasteiger partial charge < -0.3 is 0 Å². The van der Waals surface area contributed by atoms with E-state index in [9.17, 15) is 0 Å². The minimum Gasteiger partial charge on any atom is -0.0843 e. The summed E-state index contributed by atoms with van der Waals surface area (Å²) < 4.78 is 0. The molecule has 1 heteroatoms. The van der Waals surface area contributed by atoms with Crippen LogP contribution in [0.5, 0.6) is 0 Å². The number of benzene rings is 3. The highest BCUT2D eigenvalue weighted by Gasteiger charge is 2.24. The van der Waals surface area contributed by atoms with Crippen molar-refractivity contribution in [2.75, 3.05) is 0 Å². The fourth-order valence-corrected chi connectivity index (χ4v) is 5.17. The highest BCUT2D eigenvalue weighted by molar-refractivity contribution is 6.30. The molecule has 1 aliphatic rings. The summed E-state index contributed by atoms with van der Waals surface area (Å²) in [6.07, 6.45) is 8.93. The van der Waals surface area contributed by atoms with Crippen LogP contribution >= 0.6 is 11.6 Å². The lowest BCUT2D eigenvalue weighted by molar-refractivity contribution is 0.297. The van der Waals surface area contributed by atoms with Crippen LogP contribution in [0.3, 0.4) is 0 Å². The third kappa shape index (κ3) is 5.76. The number of hydrogen-bond acceptors (Lipinski definition) is 0. The van der Waals surface area contributed by atoms with Gasteiger partial charge in [-0.05, 0) is 97.1 Å². The Morgan fingerprint density at radius 1 is 0.733 bits per heavy atom. The molecule has 0 saturated heterocycles.